The Labute approximate surface area is 181 Å². The minimum Gasteiger partial charge on any atom is -0.383 e. The van der Waals surface area contributed by atoms with Crippen LogP contribution < -0.4 is 5.32 Å². The van der Waals surface area contributed by atoms with Crippen molar-refractivity contribution >= 4 is 11.8 Å². The highest BCUT2D eigenvalue weighted by Crippen LogP contribution is 2.28. The predicted octanol–water partition coefficient (Wildman–Crippen LogP) is 1.47. The number of aromatic nitrogens is 3. The summed E-state index contributed by atoms with van der Waals surface area (Å²) in [7, 11) is 1.60. The smallest absolute Gasteiger partial charge is 0.276 e. The second-order valence-electron chi connectivity index (χ2n) is 8.13. The maximum absolute atomic E-state index is 13.0. The SMILES string of the molecule is COCCNC(=O)C1CCN(C(=O)c2nnn3c2CO[C@@H](c2ccc(C)cc2)C3)CC1. The number of rotatable bonds is 6. The lowest BCUT2D eigenvalue weighted by atomic mass is 9.95. The number of ether oxygens (including phenoxy) is 2. The molecule has 1 aromatic heterocycles. The summed E-state index contributed by atoms with van der Waals surface area (Å²) in [5.41, 5.74) is 3.36. The van der Waals surface area contributed by atoms with Crippen LogP contribution in [0.15, 0.2) is 24.3 Å². The number of nitrogens with one attached hydrogen (secondary N) is 1. The van der Waals surface area contributed by atoms with Crippen LogP contribution in [0.3, 0.4) is 0 Å². The van der Waals surface area contributed by atoms with E-state index in [1.165, 1.54) is 5.56 Å². The molecule has 4 rings (SSSR count). The molecule has 2 aliphatic heterocycles. The Balaban J connectivity index is 1.35. The molecule has 0 saturated carbocycles. The summed E-state index contributed by atoms with van der Waals surface area (Å²) >= 11 is 0. The maximum atomic E-state index is 13.0. The van der Waals surface area contributed by atoms with Gasteiger partial charge in [-0.15, -0.1) is 5.10 Å². The Bertz CT molecular complexity index is 918. The second-order valence-corrected chi connectivity index (χ2v) is 8.13. The number of fused-ring (bicyclic) bond motifs is 1. The van der Waals surface area contributed by atoms with Crippen molar-refractivity contribution in [2.24, 2.45) is 5.92 Å². The average molecular weight is 428 g/mol. The molecule has 9 heteroatoms. The first-order chi connectivity index (χ1) is 15.1. The topological polar surface area (TPSA) is 98.6 Å². The molecule has 0 radical (unpaired) electrons. The van der Waals surface area contributed by atoms with E-state index in [-0.39, 0.29) is 23.8 Å². The molecule has 2 amide bonds. The number of hydrogen-bond donors (Lipinski definition) is 1. The molecule has 0 aliphatic carbocycles. The van der Waals surface area contributed by atoms with Crippen molar-refractivity contribution in [1.82, 2.24) is 25.2 Å². The quantitative estimate of drug-likeness (QED) is 0.701. The monoisotopic (exact) mass is 427 g/mol. The van der Waals surface area contributed by atoms with Gasteiger partial charge in [0.25, 0.3) is 5.91 Å². The maximum Gasteiger partial charge on any atom is 0.276 e. The lowest BCUT2D eigenvalue weighted by Crippen LogP contribution is -2.44. The van der Waals surface area contributed by atoms with Crippen molar-refractivity contribution in [3.8, 4) is 0 Å². The molecule has 1 N–H and O–H groups in total. The van der Waals surface area contributed by atoms with Gasteiger partial charge >= 0.3 is 0 Å². The van der Waals surface area contributed by atoms with E-state index in [9.17, 15) is 9.59 Å². The van der Waals surface area contributed by atoms with Crippen LogP contribution in [0, 0.1) is 12.8 Å². The Morgan fingerprint density at radius 1 is 1.23 bits per heavy atom. The molecule has 3 heterocycles. The normalized spacial score (nSPS) is 19.2. The molecule has 0 unspecified atom stereocenters. The zero-order valence-electron chi connectivity index (χ0n) is 18.0. The van der Waals surface area contributed by atoms with Gasteiger partial charge < -0.3 is 19.7 Å². The molecule has 31 heavy (non-hydrogen) atoms. The van der Waals surface area contributed by atoms with Crippen LogP contribution in [0.25, 0.3) is 0 Å². The molecule has 1 aromatic carbocycles. The minimum absolute atomic E-state index is 0.0285. The molecule has 9 nitrogen and oxygen atoms in total. The van der Waals surface area contributed by atoms with Gasteiger partial charge in [-0.3, -0.25) is 9.59 Å². The molecule has 166 valence electrons. The lowest BCUT2D eigenvalue weighted by Gasteiger charge is -2.31. The zero-order valence-corrected chi connectivity index (χ0v) is 18.0. The van der Waals surface area contributed by atoms with E-state index in [1.54, 1.807) is 16.7 Å². The molecule has 2 aliphatic rings. The first-order valence-electron chi connectivity index (χ1n) is 10.7. The molecule has 2 aromatic rings. The van der Waals surface area contributed by atoms with Crippen LogP contribution in [0.5, 0.6) is 0 Å². The molecule has 1 atom stereocenters. The van der Waals surface area contributed by atoms with Gasteiger partial charge in [0.15, 0.2) is 5.69 Å². The third-order valence-electron chi connectivity index (χ3n) is 6.01. The lowest BCUT2D eigenvalue weighted by molar-refractivity contribution is -0.126. The fourth-order valence-corrected chi connectivity index (χ4v) is 4.08. The van der Waals surface area contributed by atoms with Crippen LogP contribution in [0.4, 0.5) is 0 Å². The number of hydrogen-bond acceptors (Lipinski definition) is 6. The van der Waals surface area contributed by atoms with Gasteiger partial charge in [0.2, 0.25) is 5.91 Å². The van der Waals surface area contributed by atoms with Crippen molar-refractivity contribution < 1.29 is 19.1 Å². The van der Waals surface area contributed by atoms with Crippen molar-refractivity contribution in [3.05, 3.63) is 46.8 Å². The van der Waals surface area contributed by atoms with E-state index in [2.05, 4.69) is 46.8 Å². The molecule has 1 saturated heterocycles. The Morgan fingerprint density at radius 2 is 1.97 bits per heavy atom. The first kappa shape index (κ1) is 21.5. The summed E-state index contributed by atoms with van der Waals surface area (Å²) in [4.78, 5) is 27.0. The fourth-order valence-electron chi connectivity index (χ4n) is 4.08. The molecular formula is C22H29N5O4. The van der Waals surface area contributed by atoms with Gasteiger partial charge in [0.1, 0.15) is 6.10 Å². The van der Waals surface area contributed by atoms with Gasteiger partial charge in [-0.2, -0.15) is 0 Å². The Kier molecular flexibility index (Phi) is 6.62. The van der Waals surface area contributed by atoms with Crippen LogP contribution in [0.1, 0.15) is 46.3 Å². The second kappa shape index (κ2) is 9.57. The standard InChI is InChI=1S/C22H29N5O4/c1-15-3-5-16(6-4-15)19-13-27-18(14-31-19)20(24-25-27)22(29)26-10-7-17(8-11-26)21(28)23-9-12-30-2/h3-6,17,19H,7-14H2,1-2H3,(H,23,28)/t19-/m1/s1. The van der Waals surface area contributed by atoms with E-state index in [1.807, 2.05) is 0 Å². The average Bonchev–Trinajstić information content (AvgIpc) is 3.22. The number of benzene rings is 1. The Hall–Kier alpha value is -2.78. The first-order valence-corrected chi connectivity index (χ1v) is 10.7. The number of amides is 2. The summed E-state index contributed by atoms with van der Waals surface area (Å²) in [5.74, 6) is -0.189. The van der Waals surface area contributed by atoms with E-state index in [4.69, 9.17) is 9.47 Å². The van der Waals surface area contributed by atoms with Gasteiger partial charge in [-0.05, 0) is 25.3 Å². The van der Waals surface area contributed by atoms with E-state index >= 15 is 0 Å². The summed E-state index contributed by atoms with van der Waals surface area (Å²) in [5, 5.41) is 11.3. The van der Waals surface area contributed by atoms with Crippen molar-refractivity contribution in [2.75, 3.05) is 33.4 Å². The largest absolute Gasteiger partial charge is 0.383 e. The zero-order chi connectivity index (χ0) is 21.8. The highest BCUT2D eigenvalue weighted by atomic mass is 16.5. The van der Waals surface area contributed by atoms with Gasteiger partial charge in [-0.25, -0.2) is 4.68 Å². The number of methoxy groups -OCH3 is 1. The third kappa shape index (κ3) is 4.77. The van der Waals surface area contributed by atoms with Crippen molar-refractivity contribution in [2.45, 2.75) is 39.0 Å². The molecule has 0 spiro atoms. The third-order valence-corrected chi connectivity index (χ3v) is 6.01. The number of aryl methyl sites for hydroxylation is 1. The number of carbonyl (C=O) groups excluding carboxylic acids is 2. The van der Waals surface area contributed by atoms with Crippen molar-refractivity contribution in [1.29, 1.82) is 0 Å². The summed E-state index contributed by atoms with van der Waals surface area (Å²) in [6.07, 6.45) is 1.17. The highest BCUT2D eigenvalue weighted by molar-refractivity contribution is 5.93. The van der Waals surface area contributed by atoms with Crippen LogP contribution in [0.2, 0.25) is 0 Å². The summed E-state index contributed by atoms with van der Waals surface area (Å²) < 4.78 is 12.8. The van der Waals surface area contributed by atoms with Crippen LogP contribution in [-0.4, -0.2) is 65.1 Å². The van der Waals surface area contributed by atoms with Crippen molar-refractivity contribution in [3.63, 3.8) is 0 Å². The number of likely N-dealkylation sites (tertiary alicyclic amines) is 1. The van der Waals surface area contributed by atoms with E-state index < -0.39 is 0 Å². The highest BCUT2D eigenvalue weighted by Gasteiger charge is 2.33. The number of piperidine rings is 1. The molecule has 0 bridgehead atoms. The fraction of sp³-hybridized carbons (Fsp3) is 0.545. The van der Waals surface area contributed by atoms with Crippen LogP contribution >= 0.6 is 0 Å². The van der Waals surface area contributed by atoms with Gasteiger partial charge in [0.05, 0.1) is 25.5 Å². The van der Waals surface area contributed by atoms with Gasteiger partial charge in [-0.1, -0.05) is 35.0 Å². The molecule has 1 fully saturated rings. The summed E-state index contributed by atoms with van der Waals surface area (Å²) in [6, 6.07) is 8.24. The van der Waals surface area contributed by atoms with E-state index in [0.29, 0.717) is 63.6 Å². The Morgan fingerprint density at radius 3 is 2.68 bits per heavy atom. The number of nitrogens with zero attached hydrogens (tertiary/aromatic N) is 4. The van der Waals surface area contributed by atoms with Crippen LogP contribution in [-0.2, 0) is 27.4 Å². The predicted molar refractivity (Wildman–Crippen MR) is 112 cm³/mol. The van der Waals surface area contributed by atoms with Gasteiger partial charge in [0, 0.05) is 32.7 Å². The summed E-state index contributed by atoms with van der Waals surface area (Å²) in [6.45, 7) is 4.93. The number of carbonyl (C=O) groups is 2. The molecular weight excluding hydrogens is 398 g/mol. The minimum atomic E-state index is -0.142. The van der Waals surface area contributed by atoms with E-state index in [0.717, 1.165) is 5.56 Å².